The number of hydrogen-bond acceptors (Lipinski definition) is 3. The molecule has 94 valence electrons. The van der Waals surface area contributed by atoms with Gasteiger partial charge in [0.05, 0.1) is 10.9 Å². The minimum atomic E-state index is 0.0653. The first-order valence-electron chi connectivity index (χ1n) is 5.69. The second-order valence-corrected chi connectivity index (χ2v) is 4.56. The third-order valence-electron chi connectivity index (χ3n) is 2.76. The lowest BCUT2D eigenvalue weighted by Gasteiger charge is -2.24. The highest BCUT2D eigenvalue weighted by Gasteiger charge is 2.12. The van der Waals surface area contributed by atoms with E-state index >= 15 is 0 Å². The Bertz CT molecular complexity index is 381. The van der Waals surface area contributed by atoms with E-state index in [1.165, 1.54) is 0 Å². The number of nitrogens with one attached hydrogen (secondary N) is 1. The molecule has 0 aliphatic heterocycles. The second kappa shape index (κ2) is 6.57. The molecule has 17 heavy (non-hydrogen) atoms. The van der Waals surface area contributed by atoms with E-state index in [1.807, 2.05) is 13.0 Å². The van der Waals surface area contributed by atoms with Crippen LogP contribution in [-0.4, -0.2) is 28.8 Å². The van der Waals surface area contributed by atoms with E-state index in [-0.39, 0.29) is 11.8 Å². The van der Waals surface area contributed by atoms with E-state index in [2.05, 4.69) is 16.8 Å². The third-order valence-corrected chi connectivity index (χ3v) is 3.10. The molecule has 0 spiro atoms. The highest BCUT2D eigenvalue weighted by molar-refractivity contribution is 6.31. The van der Waals surface area contributed by atoms with Gasteiger partial charge >= 0.3 is 0 Å². The lowest BCUT2D eigenvalue weighted by Crippen LogP contribution is -2.34. The van der Waals surface area contributed by atoms with Crippen molar-refractivity contribution in [2.24, 2.45) is 11.7 Å². The Labute approximate surface area is 107 Å². The maximum absolute atomic E-state index is 7.41. The Kier molecular flexibility index (Phi) is 5.38. The number of nitrogens with zero attached hydrogens (tertiary/aromatic N) is 2. The maximum Gasteiger partial charge on any atom is 0.0947 e. The van der Waals surface area contributed by atoms with Crippen LogP contribution in [0, 0.1) is 11.3 Å². The molecule has 1 rings (SSSR count). The molecule has 0 fully saturated rings. The average Bonchev–Trinajstić information content (AvgIpc) is 2.30. The molecule has 0 aromatic carbocycles. The predicted octanol–water partition coefficient (Wildman–Crippen LogP) is 2.13. The summed E-state index contributed by atoms with van der Waals surface area (Å²) in [4.78, 5) is 6.18. The van der Waals surface area contributed by atoms with Crippen molar-refractivity contribution in [2.75, 3.05) is 13.1 Å². The topological polar surface area (TPSA) is 66.0 Å². The lowest BCUT2D eigenvalue weighted by atomic mass is 10.1. The number of amidine groups is 1. The number of halogens is 1. The van der Waals surface area contributed by atoms with Gasteiger partial charge in [0, 0.05) is 31.4 Å². The van der Waals surface area contributed by atoms with Gasteiger partial charge < -0.3 is 5.73 Å². The first-order valence-corrected chi connectivity index (χ1v) is 6.07. The summed E-state index contributed by atoms with van der Waals surface area (Å²) >= 11 is 6.07. The quantitative estimate of drug-likeness (QED) is 0.604. The highest BCUT2D eigenvalue weighted by atomic mass is 35.5. The Morgan fingerprint density at radius 1 is 1.65 bits per heavy atom. The fraction of sp³-hybridized carbons (Fsp3) is 0.500. The minimum absolute atomic E-state index is 0.0653. The molecule has 0 radical (unpaired) electrons. The van der Waals surface area contributed by atoms with Gasteiger partial charge in [0.2, 0.25) is 0 Å². The van der Waals surface area contributed by atoms with E-state index in [0.717, 1.165) is 25.2 Å². The lowest BCUT2D eigenvalue weighted by molar-refractivity contribution is 0.263. The molecule has 0 aliphatic carbocycles. The molecule has 0 saturated heterocycles. The van der Waals surface area contributed by atoms with Crippen molar-refractivity contribution < 1.29 is 0 Å². The van der Waals surface area contributed by atoms with Crippen molar-refractivity contribution in [3.05, 3.63) is 29.0 Å². The third kappa shape index (κ3) is 4.32. The van der Waals surface area contributed by atoms with Gasteiger partial charge in [-0.15, -0.1) is 0 Å². The van der Waals surface area contributed by atoms with Crippen LogP contribution in [0.2, 0.25) is 5.02 Å². The van der Waals surface area contributed by atoms with Crippen LogP contribution < -0.4 is 5.73 Å². The zero-order valence-corrected chi connectivity index (χ0v) is 11.0. The summed E-state index contributed by atoms with van der Waals surface area (Å²) in [5, 5.41) is 8.09. The number of nitrogens with two attached hydrogens (primary N) is 1. The standard InChI is InChI=1S/C12H19ClN4/c1-3-17(7-9(2)12(14)15)8-10-4-5-16-6-11(10)13/h4-6,9H,3,7-8H2,1-2H3,(H3,14,15). The van der Waals surface area contributed by atoms with Crippen molar-refractivity contribution in [1.82, 2.24) is 9.88 Å². The Morgan fingerprint density at radius 3 is 2.88 bits per heavy atom. The summed E-state index contributed by atoms with van der Waals surface area (Å²) in [5.41, 5.74) is 6.54. The number of aromatic nitrogens is 1. The van der Waals surface area contributed by atoms with Crippen LogP contribution in [0.1, 0.15) is 19.4 Å². The van der Waals surface area contributed by atoms with Gasteiger partial charge in [-0.1, -0.05) is 25.4 Å². The molecule has 1 atom stereocenters. The van der Waals surface area contributed by atoms with E-state index in [0.29, 0.717) is 5.02 Å². The second-order valence-electron chi connectivity index (χ2n) is 4.15. The first-order chi connectivity index (χ1) is 8.04. The molecule has 5 heteroatoms. The summed E-state index contributed by atoms with van der Waals surface area (Å²) in [7, 11) is 0. The van der Waals surface area contributed by atoms with Crippen molar-refractivity contribution in [2.45, 2.75) is 20.4 Å². The van der Waals surface area contributed by atoms with Crippen molar-refractivity contribution in [1.29, 1.82) is 5.41 Å². The Balaban J connectivity index is 2.64. The van der Waals surface area contributed by atoms with E-state index in [9.17, 15) is 0 Å². The van der Waals surface area contributed by atoms with Crippen LogP contribution in [0.5, 0.6) is 0 Å². The number of pyridine rings is 1. The molecule has 0 saturated carbocycles. The molecular weight excluding hydrogens is 236 g/mol. The summed E-state index contributed by atoms with van der Waals surface area (Å²) in [5.74, 6) is 0.292. The zero-order valence-electron chi connectivity index (χ0n) is 10.3. The van der Waals surface area contributed by atoms with Crippen LogP contribution in [0.3, 0.4) is 0 Å². The summed E-state index contributed by atoms with van der Waals surface area (Å²) in [6, 6.07) is 1.92. The van der Waals surface area contributed by atoms with E-state index < -0.39 is 0 Å². The smallest absolute Gasteiger partial charge is 0.0947 e. The summed E-state index contributed by atoms with van der Waals surface area (Å²) in [6.07, 6.45) is 3.39. The molecule has 1 heterocycles. The van der Waals surface area contributed by atoms with Crippen LogP contribution in [0.15, 0.2) is 18.5 Å². The normalized spacial score (nSPS) is 12.7. The van der Waals surface area contributed by atoms with Crippen LogP contribution in [0.25, 0.3) is 0 Å². The first kappa shape index (κ1) is 13.9. The van der Waals surface area contributed by atoms with Gasteiger partial charge in [0.25, 0.3) is 0 Å². The molecule has 1 aromatic heterocycles. The SMILES string of the molecule is CCN(Cc1ccncc1Cl)CC(C)C(=N)N. The van der Waals surface area contributed by atoms with Crippen molar-refractivity contribution in [3.8, 4) is 0 Å². The van der Waals surface area contributed by atoms with Gasteiger partial charge in [-0.2, -0.15) is 0 Å². The van der Waals surface area contributed by atoms with Crippen molar-refractivity contribution >= 4 is 17.4 Å². The average molecular weight is 255 g/mol. The highest BCUT2D eigenvalue weighted by Crippen LogP contribution is 2.16. The van der Waals surface area contributed by atoms with Crippen LogP contribution in [-0.2, 0) is 6.54 Å². The van der Waals surface area contributed by atoms with Gasteiger partial charge in [-0.05, 0) is 18.2 Å². The largest absolute Gasteiger partial charge is 0.387 e. The Hall–Kier alpha value is -1.13. The van der Waals surface area contributed by atoms with Gasteiger partial charge in [-0.3, -0.25) is 15.3 Å². The van der Waals surface area contributed by atoms with Gasteiger partial charge in [-0.25, -0.2) is 0 Å². The number of rotatable bonds is 6. The van der Waals surface area contributed by atoms with Gasteiger partial charge in [0.15, 0.2) is 0 Å². The molecule has 4 nitrogen and oxygen atoms in total. The van der Waals surface area contributed by atoms with Crippen LogP contribution in [0.4, 0.5) is 0 Å². The zero-order chi connectivity index (χ0) is 12.8. The van der Waals surface area contributed by atoms with E-state index in [4.69, 9.17) is 22.7 Å². The molecule has 3 N–H and O–H groups in total. The molecule has 1 unspecified atom stereocenters. The summed E-state index contributed by atoms with van der Waals surface area (Å²) in [6.45, 7) is 6.47. The fourth-order valence-corrected chi connectivity index (χ4v) is 1.74. The van der Waals surface area contributed by atoms with Gasteiger partial charge in [0.1, 0.15) is 0 Å². The maximum atomic E-state index is 7.41. The minimum Gasteiger partial charge on any atom is -0.387 e. The predicted molar refractivity (Wildman–Crippen MR) is 71.3 cm³/mol. The molecule has 0 bridgehead atoms. The van der Waals surface area contributed by atoms with Crippen LogP contribution >= 0.6 is 11.6 Å². The van der Waals surface area contributed by atoms with Crippen molar-refractivity contribution in [3.63, 3.8) is 0 Å². The molecule has 1 aromatic rings. The molecule has 0 aliphatic rings. The summed E-state index contributed by atoms with van der Waals surface area (Å²) < 4.78 is 0. The Morgan fingerprint density at radius 2 is 2.35 bits per heavy atom. The fourth-order valence-electron chi connectivity index (χ4n) is 1.56. The number of hydrogen-bond donors (Lipinski definition) is 2. The monoisotopic (exact) mass is 254 g/mol. The molecular formula is C12H19ClN4. The molecule has 0 amide bonds. The van der Waals surface area contributed by atoms with E-state index in [1.54, 1.807) is 12.4 Å².